The van der Waals surface area contributed by atoms with Gasteiger partial charge in [0.05, 0.1) is 5.60 Å². The molecular formula is C13H22ClNO2. The Kier molecular flexibility index (Phi) is 3.99. The standard InChI is InChI=1S/C13H22ClNO2/c1-10(8-14)12(16)15-7-6-13(17)5-3-2-4-11(13)9-15/h10-11,17H,2-9H2,1H3. The van der Waals surface area contributed by atoms with Crippen molar-refractivity contribution in [2.24, 2.45) is 11.8 Å². The third-order valence-corrected chi connectivity index (χ3v) is 4.86. The summed E-state index contributed by atoms with van der Waals surface area (Å²) in [4.78, 5) is 14.0. The van der Waals surface area contributed by atoms with Gasteiger partial charge in [-0.15, -0.1) is 11.6 Å². The summed E-state index contributed by atoms with van der Waals surface area (Å²) in [6.07, 6.45) is 5.00. The molecule has 0 spiro atoms. The van der Waals surface area contributed by atoms with Crippen LogP contribution >= 0.6 is 11.6 Å². The minimum atomic E-state index is -0.501. The molecule has 3 nitrogen and oxygen atoms in total. The predicted molar refractivity (Wildman–Crippen MR) is 68.0 cm³/mol. The monoisotopic (exact) mass is 259 g/mol. The Morgan fingerprint density at radius 1 is 1.53 bits per heavy atom. The van der Waals surface area contributed by atoms with Crippen LogP contribution in [0, 0.1) is 11.8 Å². The summed E-state index contributed by atoms with van der Waals surface area (Å²) in [5.74, 6) is 0.695. The van der Waals surface area contributed by atoms with Crippen LogP contribution in [0.25, 0.3) is 0 Å². The number of amides is 1. The van der Waals surface area contributed by atoms with Gasteiger partial charge in [-0.1, -0.05) is 19.8 Å². The first-order valence-electron chi connectivity index (χ1n) is 6.64. The summed E-state index contributed by atoms with van der Waals surface area (Å²) >= 11 is 5.73. The van der Waals surface area contributed by atoms with Crippen LogP contribution < -0.4 is 0 Å². The number of rotatable bonds is 2. The Balaban J connectivity index is 1.99. The van der Waals surface area contributed by atoms with E-state index in [9.17, 15) is 9.90 Å². The van der Waals surface area contributed by atoms with Gasteiger partial charge in [0, 0.05) is 30.8 Å². The highest BCUT2D eigenvalue weighted by molar-refractivity contribution is 6.19. The highest BCUT2D eigenvalue weighted by Crippen LogP contribution is 2.39. The normalized spacial score (nSPS) is 35.2. The summed E-state index contributed by atoms with van der Waals surface area (Å²) in [5, 5.41) is 10.5. The lowest BCUT2D eigenvalue weighted by atomic mass is 9.71. The van der Waals surface area contributed by atoms with Crippen LogP contribution in [0.3, 0.4) is 0 Å². The second-order valence-corrected chi connectivity index (χ2v) is 5.94. The molecule has 1 saturated heterocycles. The van der Waals surface area contributed by atoms with Crippen molar-refractivity contribution in [1.82, 2.24) is 4.90 Å². The van der Waals surface area contributed by atoms with E-state index in [4.69, 9.17) is 11.6 Å². The topological polar surface area (TPSA) is 40.5 Å². The predicted octanol–water partition coefficient (Wildman–Crippen LogP) is 2.01. The van der Waals surface area contributed by atoms with Gasteiger partial charge in [0.1, 0.15) is 0 Å². The van der Waals surface area contributed by atoms with E-state index in [1.165, 1.54) is 6.42 Å². The number of aliphatic hydroxyl groups is 1. The number of carbonyl (C=O) groups is 1. The third kappa shape index (κ3) is 2.60. The number of halogens is 1. The maximum absolute atomic E-state index is 12.1. The molecule has 1 amide bonds. The second kappa shape index (κ2) is 5.15. The van der Waals surface area contributed by atoms with Gasteiger partial charge >= 0.3 is 0 Å². The van der Waals surface area contributed by atoms with Crippen molar-refractivity contribution in [2.75, 3.05) is 19.0 Å². The molecule has 17 heavy (non-hydrogen) atoms. The first-order valence-corrected chi connectivity index (χ1v) is 7.17. The number of hydrogen-bond acceptors (Lipinski definition) is 2. The van der Waals surface area contributed by atoms with E-state index in [1.54, 1.807) is 0 Å². The summed E-state index contributed by atoms with van der Waals surface area (Å²) < 4.78 is 0. The van der Waals surface area contributed by atoms with Gasteiger partial charge < -0.3 is 10.0 Å². The van der Waals surface area contributed by atoms with Gasteiger partial charge in [0.15, 0.2) is 0 Å². The van der Waals surface area contributed by atoms with E-state index in [0.717, 1.165) is 32.2 Å². The third-order valence-electron chi connectivity index (χ3n) is 4.39. The molecule has 1 heterocycles. The molecular weight excluding hydrogens is 238 g/mol. The Bertz CT molecular complexity index is 297. The number of piperidine rings is 1. The molecule has 1 aliphatic carbocycles. The van der Waals surface area contributed by atoms with Crippen molar-refractivity contribution < 1.29 is 9.90 Å². The smallest absolute Gasteiger partial charge is 0.226 e. The van der Waals surface area contributed by atoms with E-state index < -0.39 is 5.60 Å². The van der Waals surface area contributed by atoms with Crippen LogP contribution in [0.2, 0.25) is 0 Å². The molecule has 2 fully saturated rings. The molecule has 1 saturated carbocycles. The van der Waals surface area contributed by atoms with Crippen LogP contribution in [0.5, 0.6) is 0 Å². The highest BCUT2D eigenvalue weighted by atomic mass is 35.5. The first-order chi connectivity index (χ1) is 8.07. The zero-order valence-corrected chi connectivity index (χ0v) is 11.2. The number of carbonyl (C=O) groups excluding carboxylic acids is 1. The molecule has 3 unspecified atom stereocenters. The van der Waals surface area contributed by atoms with Crippen molar-refractivity contribution in [3.8, 4) is 0 Å². The Morgan fingerprint density at radius 3 is 3.00 bits per heavy atom. The van der Waals surface area contributed by atoms with Gasteiger partial charge in [-0.25, -0.2) is 0 Å². The van der Waals surface area contributed by atoms with Crippen LogP contribution in [0.15, 0.2) is 0 Å². The van der Waals surface area contributed by atoms with Gasteiger partial charge in [-0.05, 0) is 19.3 Å². The maximum atomic E-state index is 12.1. The average Bonchev–Trinajstić information content (AvgIpc) is 2.35. The van der Waals surface area contributed by atoms with Gasteiger partial charge in [-0.3, -0.25) is 4.79 Å². The molecule has 1 N–H and O–H groups in total. The fourth-order valence-corrected chi connectivity index (χ4v) is 3.28. The number of fused-ring (bicyclic) bond motifs is 1. The lowest BCUT2D eigenvalue weighted by molar-refractivity contribution is -0.146. The van der Waals surface area contributed by atoms with Crippen LogP contribution in [0.1, 0.15) is 39.0 Å². The molecule has 0 bridgehead atoms. The van der Waals surface area contributed by atoms with Gasteiger partial charge in [0.25, 0.3) is 0 Å². The maximum Gasteiger partial charge on any atom is 0.226 e. The lowest BCUT2D eigenvalue weighted by Gasteiger charge is -2.47. The van der Waals surface area contributed by atoms with Crippen LogP contribution in [-0.2, 0) is 4.79 Å². The highest BCUT2D eigenvalue weighted by Gasteiger charge is 2.43. The van der Waals surface area contributed by atoms with Crippen molar-refractivity contribution in [3.05, 3.63) is 0 Å². The molecule has 0 aromatic carbocycles. The Morgan fingerprint density at radius 2 is 2.29 bits per heavy atom. The number of likely N-dealkylation sites (tertiary alicyclic amines) is 1. The zero-order valence-electron chi connectivity index (χ0n) is 10.5. The molecule has 2 rings (SSSR count). The largest absolute Gasteiger partial charge is 0.389 e. The molecule has 3 atom stereocenters. The second-order valence-electron chi connectivity index (χ2n) is 5.64. The lowest BCUT2D eigenvalue weighted by Crippen LogP contribution is -2.55. The van der Waals surface area contributed by atoms with E-state index in [1.807, 2.05) is 11.8 Å². The molecule has 1 aliphatic heterocycles. The zero-order chi connectivity index (χ0) is 12.5. The van der Waals surface area contributed by atoms with Gasteiger partial charge in [-0.2, -0.15) is 0 Å². The van der Waals surface area contributed by atoms with E-state index in [-0.39, 0.29) is 17.7 Å². The average molecular weight is 260 g/mol. The molecule has 0 radical (unpaired) electrons. The minimum Gasteiger partial charge on any atom is -0.389 e. The Labute approximate surface area is 108 Å². The Hall–Kier alpha value is -0.280. The van der Waals surface area contributed by atoms with Crippen molar-refractivity contribution in [1.29, 1.82) is 0 Å². The van der Waals surface area contributed by atoms with Crippen molar-refractivity contribution >= 4 is 17.5 Å². The number of nitrogens with zero attached hydrogens (tertiary/aromatic N) is 1. The summed E-state index contributed by atoms with van der Waals surface area (Å²) in [5.41, 5.74) is -0.501. The fourth-order valence-electron chi connectivity index (χ4n) is 3.15. The quantitative estimate of drug-likeness (QED) is 0.771. The van der Waals surface area contributed by atoms with E-state index in [2.05, 4.69) is 0 Å². The SMILES string of the molecule is CC(CCl)C(=O)N1CCC2(O)CCCCC2C1. The fraction of sp³-hybridized carbons (Fsp3) is 0.923. The summed E-state index contributed by atoms with van der Waals surface area (Å²) in [7, 11) is 0. The minimum absolute atomic E-state index is 0.105. The molecule has 98 valence electrons. The van der Waals surface area contributed by atoms with E-state index >= 15 is 0 Å². The van der Waals surface area contributed by atoms with Gasteiger partial charge in [0.2, 0.25) is 5.91 Å². The first kappa shape index (κ1) is 13.2. The van der Waals surface area contributed by atoms with Crippen molar-refractivity contribution in [3.63, 3.8) is 0 Å². The molecule has 2 aliphatic rings. The number of alkyl halides is 1. The van der Waals surface area contributed by atoms with E-state index in [0.29, 0.717) is 12.4 Å². The summed E-state index contributed by atoms with van der Waals surface area (Å²) in [6.45, 7) is 3.28. The molecule has 4 heteroatoms. The summed E-state index contributed by atoms with van der Waals surface area (Å²) in [6, 6.07) is 0. The molecule has 0 aromatic rings. The number of hydrogen-bond donors (Lipinski definition) is 1. The molecule has 0 aromatic heterocycles. The van der Waals surface area contributed by atoms with Crippen LogP contribution in [-0.4, -0.2) is 40.5 Å². The van der Waals surface area contributed by atoms with Crippen molar-refractivity contribution in [2.45, 2.75) is 44.6 Å². The van der Waals surface area contributed by atoms with Crippen LogP contribution in [0.4, 0.5) is 0 Å².